The first-order valence-electron chi connectivity index (χ1n) is 9.66. The van der Waals surface area contributed by atoms with Gasteiger partial charge >= 0.3 is 6.18 Å². The SMILES string of the molecule is C=C(/C=C(/C[C@@H](C)/C=C\C(=C/C)CC(N)=O)N=C(C)C1CCCC1)C(F)(F)F. The van der Waals surface area contributed by atoms with E-state index in [0.29, 0.717) is 18.0 Å². The van der Waals surface area contributed by atoms with Crippen LogP contribution in [0.25, 0.3) is 0 Å². The number of allylic oxidation sites excluding steroid dienone is 6. The molecular formula is C22H31F3N2O. The number of hydrogen-bond donors (Lipinski definition) is 1. The van der Waals surface area contributed by atoms with E-state index in [9.17, 15) is 18.0 Å². The number of rotatable bonds is 9. The molecule has 0 unspecified atom stereocenters. The summed E-state index contributed by atoms with van der Waals surface area (Å²) in [5.41, 5.74) is 6.35. The number of amides is 1. The number of carbonyl (C=O) groups excluding carboxylic acids is 1. The van der Waals surface area contributed by atoms with Crippen LogP contribution in [0.5, 0.6) is 0 Å². The highest BCUT2D eigenvalue weighted by Crippen LogP contribution is 2.30. The normalized spacial score (nSPS) is 18.7. The molecule has 156 valence electrons. The number of alkyl halides is 3. The first kappa shape index (κ1) is 23.9. The molecule has 0 aromatic rings. The van der Waals surface area contributed by atoms with Crippen LogP contribution in [-0.2, 0) is 4.79 Å². The molecule has 1 aliphatic carbocycles. The molecule has 1 aliphatic rings. The molecule has 28 heavy (non-hydrogen) atoms. The van der Waals surface area contributed by atoms with Crippen LogP contribution in [-0.4, -0.2) is 17.8 Å². The zero-order chi connectivity index (χ0) is 21.3. The van der Waals surface area contributed by atoms with E-state index >= 15 is 0 Å². The fraction of sp³-hybridized carbons (Fsp3) is 0.545. The minimum absolute atomic E-state index is 0.0600. The van der Waals surface area contributed by atoms with Gasteiger partial charge in [-0.1, -0.05) is 44.6 Å². The molecule has 1 fully saturated rings. The molecule has 0 bridgehead atoms. The van der Waals surface area contributed by atoms with E-state index < -0.39 is 17.7 Å². The van der Waals surface area contributed by atoms with Crippen LogP contribution in [0, 0.1) is 11.8 Å². The van der Waals surface area contributed by atoms with Gasteiger partial charge in [0.2, 0.25) is 5.91 Å². The summed E-state index contributed by atoms with van der Waals surface area (Å²) in [5, 5.41) is 0. The van der Waals surface area contributed by atoms with Gasteiger partial charge in [-0.2, -0.15) is 13.2 Å². The van der Waals surface area contributed by atoms with Crippen molar-refractivity contribution in [1.82, 2.24) is 0 Å². The zero-order valence-corrected chi connectivity index (χ0v) is 17.0. The summed E-state index contributed by atoms with van der Waals surface area (Å²) >= 11 is 0. The van der Waals surface area contributed by atoms with Crippen molar-refractivity contribution in [1.29, 1.82) is 0 Å². The van der Waals surface area contributed by atoms with Gasteiger partial charge in [0.05, 0.1) is 12.0 Å². The van der Waals surface area contributed by atoms with Crippen molar-refractivity contribution >= 4 is 11.6 Å². The Balaban J connectivity index is 2.98. The molecule has 0 heterocycles. The Morgan fingerprint density at radius 2 is 1.93 bits per heavy atom. The van der Waals surface area contributed by atoms with Crippen LogP contribution in [0.4, 0.5) is 13.2 Å². The van der Waals surface area contributed by atoms with Gasteiger partial charge in [-0.3, -0.25) is 9.79 Å². The molecule has 0 saturated heterocycles. The molecule has 0 spiro atoms. The lowest BCUT2D eigenvalue weighted by molar-refractivity contribution is -0.117. The average molecular weight is 396 g/mol. The predicted octanol–water partition coefficient (Wildman–Crippen LogP) is 6.04. The van der Waals surface area contributed by atoms with E-state index in [0.717, 1.165) is 43.0 Å². The third-order valence-corrected chi connectivity index (χ3v) is 4.89. The summed E-state index contributed by atoms with van der Waals surface area (Å²) in [6.07, 6.45) is 6.85. The van der Waals surface area contributed by atoms with Crippen molar-refractivity contribution in [3.63, 3.8) is 0 Å². The lowest BCUT2D eigenvalue weighted by Gasteiger charge is -2.14. The lowest BCUT2D eigenvalue weighted by atomic mass is 10.00. The number of hydrogen-bond acceptors (Lipinski definition) is 2. The summed E-state index contributed by atoms with van der Waals surface area (Å²) in [6, 6.07) is 0. The predicted molar refractivity (Wildman–Crippen MR) is 109 cm³/mol. The summed E-state index contributed by atoms with van der Waals surface area (Å²) in [5.74, 6) is -0.141. The Labute approximate surface area is 166 Å². The number of nitrogens with zero attached hydrogens (tertiary/aromatic N) is 1. The maximum atomic E-state index is 12.9. The van der Waals surface area contributed by atoms with Crippen molar-refractivity contribution in [3.05, 3.63) is 47.7 Å². The standard InChI is InChI=1S/C22H31F3N2O/c1-5-18(14-21(26)28)11-10-15(2)12-20(13-16(3)22(23,24)25)27-17(4)19-8-6-7-9-19/h5,10-11,13,15,19H,3,6-9,12,14H2,1-2,4H3,(H2,26,28)/b11-10-,18-5+,20-13-,27-17?/t15-/m0/s1. The number of halogens is 3. The Kier molecular flexibility index (Phi) is 9.42. The van der Waals surface area contributed by atoms with E-state index in [1.165, 1.54) is 0 Å². The third kappa shape index (κ3) is 8.72. The molecule has 0 radical (unpaired) electrons. The molecule has 2 N–H and O–H groups in total. The van der Waals surface area contributed by atoms with Crippen LogP contribution in [0.2, 0.25) is 0 Å². The molecule has 0 aromatic carbocycles. The topological polar surface area (TPSA) is 55.5 Å². The van der Waals surface area contributed by atoms with Crippen molar-refractivity contribution in [2.24, 2.45) is 22.6 Å². The van der Waals surface area contributed by atoms with Crippen molar-refractivity contribution < 1.29 is 18.0 Å². The number of carbonyl (C=O) groups is 1. The van der Waals surface area contributed by atoms with Gasteiger partial charge in [-0.25, -0.2) is 0 Å². The summed E-state index contributed by atoms with van der Waals surface area (Å²) in [4.78, 5) is 15.6. The van der Waals surface area contributed by atoms with Crippen molar-refractivity contribution in [2.45, 2.75) is 65.5 Å². The fourth-order valence-corrected chi connectivity index (χ4v) is 3.23. The minimum Gasteiger partial charge on any atom is -0.369 e. The summed E-state index contributed by atoms with van der Waals surface area (Å²) in [6.45, 7) is 8.75. The molecule has 3 nitrogen and oxygen atoms in total. The van der Waals surface area contributed by atoms with Gasteiger partial charge in [0, 0.05) is 11.4 Å². The molecule has 0 aliphatic heterocycles. The zero-order valence-electron chi connectivity index (χ0n) is 17.0. The Hall–Kier alpha value is -2.11. The fourth-order valence-electron chi connectivity index (χ4n) is 3.23. The number of primary amides is 1. The van der Waals surface area contributed by atoms with E-state index in [1.807, 2.05) is 19.9 Å². The lowest BCUT2D eigenvalue weighted by Crippen LogP contribution is -2.11. The maximum Gasteiger partial charge on any atom is 0.415 e. The maximum absolute atomic E-state index is 12.9. The Morgan fingerprint density at radius 1 is 1.32 bits per heavy atom. The minimum atomic E-state index is -4.47. The monoisotopic (exact) mass is 396 g/mol. The molecular weight excluding hydrogens is 365 g/mol. The second-order valence-corrected chi connectivity index (χ2v) is 7.44. The Bertz CT molecular complexity index is 678. The van der Waals surface area contributed by atoms with Gasteiger partial charge in [0.25, 0.3) is 0 Å². The largest absolute Gasteiger partial charge is 0.415 e. The molecule has 6 heteroatoms. The smallest absolute Gasteiger partial charge is 0.369 e. The molecule has 0 aromatic heterocycles. The molecule has 1 atom stereocenters. The van der Waals surface area contributed by atoms with Crippen molar-refractivity contribution in [3.8, 4) is 0 Å². The highest BCUT2D eigenvalue weighted by atomic mass is 19.4. The highest BCUT2D eigenvalue weighted by Gasteiger charge is 2.30. The number of aliphatic imine (C=N–C) groups is 1. The second kappa shape index (κ2) is 11.0. The summed E-state index contributed by atoms with van der Waals surface area (Å²) in [7, 11) is 0. The van der Waals surface area contributed by atoms with Gasteiger partial charge in [0.1, 0.15) is 0 Å². The van der Waals surface area contributed by atoms with E-state index in [-0.39, 0.29) is 12.3 Å². The van der Waals surface area contributed by atoms with Crippen molar-refractivity contribution in [2.75, 3.05) is 0 Å². The third-order valence-electron chi connectivity index (χ3n) is 4.89. The van der Waals surface area contributed by atoms with Crippen LogP contribution >= 0.6 is 0 Å². The van der Waals surface area contributed by atoms with Gasteiger partial charge in [-0.15, -0.1) is 0 Å². The van der Waals surface area contributed by atoms with Gasteiger partial charge in [-0.05, 0) is 56.6 Å². The second-order valence-electron chi connectivity index (χ2n) is 7.44. The van der Waals surface area contributed by atoms with Crippen LogP contribution < -0.4 is 5.73 Å². The first-order chi connectivity index (χ1) is 13.0. The Morgan fingerprint density at radius 3 is 2.43 bits per heavy atom. The summed E-state index contributed by atoms with van der Waals surface area (Å²) < 4.78 is 38.8. The van der Waals surface area contributed by atoms with E-state index in [1.54, 1.807) is 19.1 Å². The quantitative estimate of drug-likeness (QED) is 0.375. The van der Waals surface area contributed by atoms with Crippen LogP contribution in [0.3, 0.4) is 0 Å². The first-order valence-corrected chi connectivity index (χ1v) is 9.66. The van der Waals surface area contributed by atoms with Crippen LogP contribution in [0.1, 0.15) is 59.3 Å². The molecule has 1 saturated carbocycles. The highest BCUT2D eigenvalue weighted by molar-refractivity contribution is 5.85. The molecule has 1 amide bonds. The van der Waals surface area contributed by atoms with E-state index in [2.05, 4.69) is 11.6 Å². The average Bonchev–Trinajstić information content (AvgIpc) is 3.11. The van der Waals surface area contributed by atoms with Crippen LogP contribution in [0.15, 0.2) is 52.7 Å². The molecule has 1 rings (SSSR count). The number of nitrogens with two attached hydrogens (primary N) is 1. The van der Waals surface area contributed by atoms with E-state index in [4.69, 9.17) is 5.73 Å². The van der Waals surface area contributed by atoms with Gasteiger partial charge in [0.15, 0.2) is 0 Å². The van der Waals surface area contributed by atoms with Gasteiger partial charge < -0.3 is 5.73 Å².